The number of fused-ring (bicyclic) bond motifs is 1. The van der Waals surface area contributed by atoms with E-state index in [0.29, 0.717) is 23.1 Å². The number of aromatic amines is 1. The van der Waals surface area contributed by atoms with Crippen LogP contribution in [0.5, 0.6) is 11.5 Å². The lowest BCUT2D eigenvalue weighted by Crippen LogP contribution is -2.29. The van der Waals surface area contributed by atoms with Crippen LogP contribution in [0.1, 0.15) is 44.1 Å². The lowest BCUT2D eigenvalue weighted by molar-refractivity contribution is -0.126. The topological polar surface area (TPSA) is 67.5 Å². The molecule has 0 aliphatic carbocycles. The third-order valence-corrected chi connectivity index (χ3v) is 5.56. The first-order valence-electron chi connectivity index (χ1n) is 10.4. The van der Waals surface area contributed by atoms with Gasteiger partial charge in [0.1, 0.15) is 5.82 Å². The first-order valence-corrected chi connectivity index (χ1v) is 10.8. The van der Waals surface area contributed by atoms with Crippen molar-refractivity contribution in [2.24, 2.45) is 0 Å². The van der Waals surface area contributed by atoms with Gasteiger partial charge in [-0.2, -0.15) is 0 Å². The van der Waals surface area contributed by atoms with Gasteiger partial charge in [-0.25, -0.2) is 4.98 Å². The highest BCUT2D eigenvalue weighted by molar-refractivity contribution is 6.32. The average Bonchev–Trinajstić information content (AvgIpc) is 3.40. The number of benzene rings is 2. The van der Waals surface area contributed by atoms with E-state index in [9.17, 15) is 4.79 Å². The van der Waals surface area contributed by atoms with Gasteiger partial charge in [0.25, 0.3) is 0 Å². The number of carbonyl (C=O) groups excluding carboxylic acids is 1. The summed E-state index contributed by atoms with van der Waals surface area (Å²) in [6.07, 6.45) is 5.14. The Kier molecular flexibility index (Phi) is 6.18. The second-order valence-electron chi connectivity index (χ2n) is 7.86. The first kappa shape index (κ1) is 21.2. The summed E-state index contributed by atoms with van der Waals surface area (Å²) in [5.41, 5.74) is 2.67. The smallest absolute Gasteiger partial charge is 0.247 e. The molecule has 31 heavy (non-hydrogen) atoms. The van der Waals surface area contributed by atoms with Gasteiger partial charge in [-0.1, -0.05) is 23.7 Å². The van der Waals surface area contributed by atoms with Crippen LogP contribution in [0.25, 0.3) is 17.1 Å². The molecule has 6 nitrogen and oxygen atoms in total. The molecule has 1 saturated heterocycles. The Morgan fingerprint density at radius 2 is 2.13 bits per heavy atom. The molecule has 1 atom stereocenters. The summed E-state index contributed by atoms with van der Waals surface area (Å²) in [7, 11) is 1.57. The van der Waals surface area contributed by atoms with Crippen LogP contribution in [-0.4, -0.2) is 40.5 Å². The summed E-state index contributed by atoms with van der Waals surface area (Å²) < 4.78 is 11.2. The van der Waals surface area contributed by atoms with Crippen LogP contribution < -0.4 is 9.47 Å². The van der Waals surface area contributed by atoms with Crippen LogP contribution >= 0.6 is 11.6 Å². The summed E-state index contributed by atoms with van der Waals surface area (Å²) in [6, 6.07) is 11.4. The SMILES string of the molecule is COc1cc(/C=C/C(=O)N2CCCC2c2nc3ccccc3[nH]2)cc(Cl)c1OC(C)C. The highest BCUT2D eigenvalue weighted by Crippen LogP contribution is 2.37. The van der Waals surface area contributed by atoms with Crippen molar-refractivity contribution in [3.8, 4) is 11.5 Å². The molecule has 1 aliphatic heterocycles. The highest BCUT2D eigenvalue weighted by atomic mass is 35.5. The maximum Gasteiger partial charge on any atom is 0.247 e. The van der Waals surface area contributed by atoms with Crippen molar-refractivity contribution in [3.63, 3.8) is 0 Å². The zero-order valence-electron chi connectivity index (χ0n) is 17.9. The minimum atomic E-state index is -0.0550. The summed E-state index contributed by atoms with van der Waals surface area (Å²) in [6.45, 7) is 4.56. The zero-order valence-corrected chi connectivity index (χ0v) is 18.6. The number of para-hydroxylation sites is 2. The van der Waals surface area contributed by atoms with Crippen LogP contribution in [0.3, 0.4) is 0 Å². The molecule has 1 fully saturated rings. The Labute approximate surface area is 186 Å². The molecule has 2 aromatic carbocycles. The van der Waals surface area contributed by atoms with Crippen LogP contribution in [0.2, 0.25) is 5.02 Å². The number of imidazole rings is 1. The molecule has 1 unspecified atom stereocenters. The van der Waals surface area contributed by atoms with E-state index >= 15 is 0 Å². The van der Waals surface area contributed by atoms with E-state index in [1.54, 1.807) is 25.3 Å². The van der Waals surface area contributed by atoms with Gasteiger partial charge >= 0.3 is 0 Å². The van der Waals surface area contributed by atoms with Crippen LogP contribution in [0.15, 0.2) is 42.5 Å². The van der Waals surface area contributed by atoms with Crippen LogP contribution in [0.4, 0.5) is 0 Å². The maximum absolute atomic E-state index is 13.0. The maximum atomic E-state index is 13.0. The van der Waals surface area contributed by atoms with Crippen LogP contribution in [-0.2, 0) is 4.79 Å². The number of aromatic nitrogens is 2. The molecule has 1 aromatic heterocycles. The molecule has 1 amide bonds. The van der Waals surface area contributed by atoms with Gasteiger partial charge in [0.15, 0.2) is 11.5 Å². The molecular weight excluding hydrogens is 414 g/mol. The molecule has 4 rings (SSSR count). The van der Waals surface area contributed by atoms with Gasteiger partial charge in [-0.15, -0.1) is 0 Å². The molecule has 1 aliphatic rings. The molecule has 2 heterocycles. The molecule has 0 radical (unpaired) electrons. The molecular formula is C24H26ClN3O3. The lowest BCUT2D eigenvalue weighted by atomic mass is 10.1. The quantitative estimate of drug-likeness (QED) is 0.523. The standard InChI is InChI=1S/C24H26ClN3O3/c1-15(2)31-23-17(25)13-16(14-21(23)30-3)10-11-22(29)28-12-6-9-20(28)24-26-18-7-4-5-8-19(18)27-24/h4-5,7-8,10-11,13-15,20H,6,9,12H2,1-3H3,(H,26,27)/b11-10+. The average molecular weight is 440 g/mol. The highest BCUT2D eigenvalue weighted by Gasteiger charge is 2.31. The van der Waals surface area contributed by atoms with E-state index in [-0.39, 0.29) is 18.1 Å². The number of rotatable bonds is 6. The largest absolute Gasteiger partial charge is 0.493 e. The van der Waals surface area contributed by atoms with E-state index in [0.717, 1.165) is 35.3 Å². The molecule has 0 saturated carbocycles. The van der Waals surface area contributed by atoms with Crippen LogP contribution in [0, 0.1) is 0 Å². The Bertz CT molecular complexity index is 1090. The van der Waals surface area contributed by atoms with Crippen molar-refractivity contribution in [3.05, 3.63) is 58.9 Å². The summed E-state index contributed by atoms with van der Waals surface area (Å²) >= 11 is 6.40. The molecule has 162 valence electrons. The third-order valence-electron chi connectivity index (χ3n) is 5.28. The molecule has 0 spiro atoms. The third kappa shape index (κ3) is 4.54. The van der Waals surface area contributed by atoms with Gasteiger partial charge in [0.2, 0.25) is 5.91 Å². The predicted octanol–water partition coefficient (Wildman–Crippen LogP) is 5.39. The van der Waals surface area contributed by atoms with E-state index in [1.165, 1.54) is 0 Å². The second-order valence-corrected chi connectivity index (χ2v) is 8.27. The fourth-order valence-corrected chi connectivity index (χ4v) is 4.16. The minimum Gasteiger partial charge on any atom is -0.493 e. The Hall–Kier alpha value is -2.99. The van der Waals surface area contributed by atoms with E-state index in [1.807, 2.05) is 49.1 Å². The number of nitrogens with one attached hydrogen (secondary N) is 1. The van der Waals surface area contributed by atoms with Crippen molar-refractivity contribution in [1.29, 1.82) is 0 Å². The number of methoxy groups -OCH3 is 1. The zero-order chi connectivity index (χ0) is 22.0. The summed E-state index contributed by atoms with van der Waals surface area (Å²) in [5.74, 6) is 1.82. The van der Waals surface area contributed by atoms with E-state index < -0.39 is 0 Å². The monoisotopic (exact) mass is 439 g/mol. The number of hydrogen-bond acceptors (Lipinski definition) is 4. The number of hydrogen-bond donors (Lipinski definition) is 1. The Morgan fingerprint density at radius 1 is 1.32 bits per heavy atom. The van der Waals surface area contributed by atoms with Gasteiger partial charge in [-0.05, 0) is 62.6 Å². The van der Waals surface area contributed by atoms with E-state index in [4.69, 9.17) is 26.1 Å². The molecule has 7 heteroatoms. The number of halogens is 1. The van der Waals surface area contributed by atoms with Crippen molar-refractivity contribution < 1.29 is 14.3 Å². The number of likely N-dealkylation sites (tertiary alicyclic amines) is 1. The van der Waals surface area contributed by atoms with Crippen molar-refractivity contribution in [2.75, 3.05) is 13.7 Å². The predicted molar refractivity (Wildman–Crippen MR) is 123 cm³/mol. The fraction of sp³-hybridized carbons (Fsp3) is 0.333. The Morgan fingerprint density at radius 3 is 2.87 bits per heavy atom. The number of amides is 1. The number of nitrogens with zero attached hydrogens (tertiary/aromatic N) is 2. The number of ether oxygens (including phenoxy) is 2. The van der Waals surface area contributed by atoms with Crippen molar-refractivity contribution in [1.82, 2.24) is 14.9 Å². The minimum absolute atomic E-state index is 0.0280. The lowest BCUT2D eigenvalue weighted by Gasteiger charge is -2.21. The first-order chi connectivity index (χ1) is 15.0. The van der Waals surface area contributed by atoms with Gasteiger partial charge in [0, 0.05) is 12.6 Å². The van der Waals surface area contributed by atoms with E-state index in [2.05, 4.69) is 4.98 Å². The van der Waals surface area contributed by atoms with Crippen molar-refractivity contribution in [2.45, 2.75) is 38.8 Å². The summed E-state index contributed by atoms with van der Waals surface area (Å²) in [5, 5.41) is 0.446. The van der Waals surface area contributed by atoms with Crippen molar-refractivity contribution >= 4 is 34.6 Å². The van der Waals surface area contributed by atoms with Gasteiger partial charge in [0.05, 0.1) is 35.3 Å². The number of H-pyrrole nitrogens is 1. The normalized spacial score (nSPS) is 16.5. The number of carbonyl (C=O) groups is 1. The summed E-state index contributed by atoms with van der Waals surface area (Å²) in [4.78, 5) is 22.9. The van der Waals surface area contributed by atoms with Gasteiger partial charge in [-0.3, -0.25) is 4.79 Å². The molecule has 3 aromatic rings. The molecule has 1 N–H and O–H groups in total. The van der Waals surface area contributed by atoms with Gasteiger partial charge < -0.3 is 19.4 Å². The molecule has 0 bridgehead atoms. The Balaban J connectivity index is 1.53. The fourth-order valence-electron chi connectivity index (χ4n) is 3.89. The second kappa shape index (κ2) is 9.02.